The molecule has 0 atom stereocenters. The van der Waals surface area contributed by atoms with E-state index in [1.165, 1.54) is 35.4 Å². The third kappa shape index (κ3) is 3.97. The minimum absolute atomic E-state index is 0.0542. The summed E-state index contributed by atoms with van der Waals surface area (Å²) in [6.07, 6.45) is -6.14. The van der Waals surface area contributed by atoms with Gasteiger partial charge in [-0.2, -0.15) is 18.3 Å². The normalized spacial score (nSPS) is 11.8. The van der Waals surface area contributed by atoms with Crippen LogP contribution in [-0.4, -0.2) is 20.7 Å². The summed E-state index contributed by atoms with van der Waals surface area (Å²) in [4.78, 5) is 16.2. The monoisotopic (exact) mass is 402 g/mol. The second-order valence-electron chi connectivity index (χ2n) is 5.44. The van der Waals surface area contributed by atoms with Gasteiger partial charge in [0.05, 0.1) is 16.9 Å². The van der Waals surface area contributed by atoms with E-state index in [1.807, 2.05) is 0 Å². The van der Waals surface area contributed by atoms with Crippen LogP contribution < -0.4 is 5.32 Å². The molecular weight excluding hydrogens is 391 g/mol. The van der Waals surface area contributed by atoms with Crippen molar-refractivity contribution >= 4 is 22.9 Å². The highest BCUT2D eigenvalue weighted by atomic mass is 32.1. The number of carbonyl (C=O) groups excluding carboxylic acids is 1. The maximum atomic E-state index is 13.0. The number of aryl methyl sites for hydroxylation is 1. The zero-order chi connectivity index (χ0) is 19.8. The molecule has 2 aromatic heterocycles. The average molecular weight is 402 g/mol. The lowest BCUT2D eigenvalue weighted by molar-refractivity contribution is -0.136. The number of halogens is 5. The summed E-state index contributed by atoms with van der Waals surface area (Å²) in [6.45, 7) is 0. The molecular formula is C16H11F5N4OS. The Labute approximate surface area is 153 Å². The smallest absolute Gasteiger partial charge is 0.319 e. The molecule has 0 spiro atoms. The van der Waals surface area contributed by atoms with Crippen LogP contribution in [0.2, 0.25) is 0 Å². The van der Waals surface area contributed by atoms with E-state index in [2.05, 4.69) is 15.4 Å². The first-order chi connectivity index (χ1) is 12.7. The molecule has 27 heavy (non-hydrogen) atoms. The van der Waals surface area contributed by atoms with Gasteiger partial charge in [0.25, 0.3) is 12.3 Å². The number of aromatic nitrogens is 3. The van der Waals surface area contributed by atoms with Crippen molar-refractivity contribution in [2.75, 3.05) is 5.32 Å². The number of anilines is 1. The van der Waals surface area contributed by atoms with Crippen LogP contribution in [0.15, 0.2) is 35.8 Å². The topological polar surface area (TPSA) is 59.8 Å². The molecule has 1 amide bonds. The lowest BCUT2D eigenvalue weighted by Crippen LogP contribution is -2.16. The third-order valence-corrected chi connectivity index (χ3v) is 4.36. The Morgan fingerprint density at radius 2 is 1.96 bits per heavy atom. The molecule has 0 aliphatic heterocycles. The van der Waals surface area contributed by atoms with Gasteiger partial charge < -0.3 is 5.32 Å². The second kappa shape index (κ2) is 7.06. The van der Waals surface area contributed by atoms with Gasteiger partial charge in [0.15, 0.2) is 5.01 Å². The molecule has 0 aliphatic rings. The number of rotatable bonds is 4. The van der Waals surface area contributed by atoms with Crippen LogP contribution in [0, 0.1) is 0 Å². The highest BCUT2D eigenvalue weighted by Crippen LogP contribution is 2.35. The molecule has 0 bridgehead atoms. The van der Waals surface area contributed by atoms with E-state index in [4.69, 9.17) is 0 Å². The largest absolute Gasteiger partial charge is 0.418 e. The summed E-state index contributed by atoms with van der Waals surface area (Å²) in [7, 11) is 1.46. The van der Waals surface area contributed by atoms with Gasteiger partial charge in [-0.3, -0.25) is 9.48 Å². The number of amides is 1. The molecule has 11 heteroatoms. The van der Waals surface area contributed by atoms with E-state index < -0.39 is 35.5 Å². The maximum Gasteiger partial charge on any atom is 0.418 e. The molecule has 5 nitrogen and oxygen atoms in total. The Kier molecular flexibility index (Phi) is 4.96. The molecule has 3 aromatic rings. The summed E-state index contributed by atoms with van der Waals surface area (Å²) in [5.41, 5.74) is -1.75. The van der Waals surface area contributed by atoms with Crippen LogP contribution in [0.5, 0.6) is 0 Å². The second-order valence-corrected chi connectivity index (χ2v) is 6.30. The number of nitrogens with zero attached hydrogens (tertiary/aromatic N) is 3. The van der Waals surface area contributed by atoms with Crippen molar-refractivity contribution in [1.82, 2.24) is 14.8 Å². The van der Waals surface area contributed by atoms with Crippen molar-refractivity contribution in [1.29, 1.82) is 0 Å². The van der Waals surface area contributed by atoms with Crippen molar-refractivity contribution in [2.45, 2.75) is 12.6 Å². The summed E-state index contributed by atoms with van der Waals surface area (Å²) in [5, 5.41) is 7.02. The van der Waals surface area contributed by atoms with Gasteiger partial charge >= 0.3 is 6.18 Å². The van der Waals surface area contributed by atoms with Crippen molar-refractivity contribution in [2.24, 2.45) is 7.05 Å². The summed E-state index contributed by atoms with van der Waals surface area (Å²) >= 11 is 0.828. The molecule has 0 saturated heterocycles. The van der Waals surface area contributed by atoms with E-state index >= 15 is 0 Å². The molecule has 0 radical (unpaired) electrons. The fourth-order valence-corrected chi connectivity index (χ4v) is 3.09. The molecule has 3 rings (SSSR count). The number of hydrogen-bond acceptors (Lipinski definition) is 4. The van der Waals surface area contributed by atoms with E-state index in [1.54, 1.807) is 0 Å². The van der Waals surface area contributed by atoms with Crippen LogP contribution in [-0.2, 0) is 13.2 Å². The molecule has 2 heterocycles. The van der Waals surface area contributed by atoms with Crippen LogP contribution in [0.4, 0.5) is 27.6 Å². The van der Waals surface area contributed by atoms with Gasteiger partial charge in [0.2, 0.25) is 0 Å². The summed E-state index contributed by atoms with van der Waals surface area (Å²) in [5.74, 6) is -0.870. The third-order valence-electron chi connectivity index (χ3n) is 3.52. The minimum atomic E-state index is -4.64. The van der Waals surface area contributed by atoms with Crippen molar-refractivity contribution in [3.63, 3.8) is 0 Å². The number of nitrogens with one attached hydrogen (secondary N) is 1. The highest BCUT2D eigenvalue weighted by molar-refractivity contribution is 7.12. The first-order valence-corrected chi connectivity index (χ1v) is 8.30. The van der Waals surface area contributed by atoms with E-state index in [9.17, 15) is 26.7 Å². The molecule has 0 fully saturated rings. The Morgan fingerprint density at radius 1 is 1.26 bits per heavy atom. The fourth-order valence-electron chi connectivity index (χ4n) is 2.38. The molecule has 0 aliphatic carbocycles. The number of alkyl halides is 5. The average Bonchev–Trinajstić information content (AvgIpc) is 3.20. The zero-order valence-corrected chi connectivity index (χ0v) is 14.4. The van der Waals surface area contributed by atoms with Crippen LogP contribution >= 0.6 is 11.3 Å². The van der Waals surface area contributed by atoms with E-state index in [0.717, 1.165) is 23.5 Å². The maximum absolute atomic E-state index is 13.0. The Balaban J connectivity index is 1.87. The lowest BCUT2D eigenvalue weighted by Gasteiger charge is -2.12. The van der Waals surface area contributed by atoms with Crippen LogP contribution in [0.3, 0.4) is 0 Å². The van der Waals surface area contributed by atoms with Crippen LogP contribution in [0.25, 0.3) is 11.3 Å². The Hall–Kier alpha value is -2.82. The SMILES string of the molecule is Cn1cc(-c2csc(C(=O)Nc3ccccc3C(F)(F)F)n2)c(C(F)F)n1. The van der Waals surface area contributed by atoms with E-state index in [0.29, 0.717) is 0 Å². The highest BCUT2D eigenvalue weighted by Gasteiger charge is 2.33. The molecule has 1 N–H and O–H groups in total. The zero-order valence-electron chi connectivity index (χ0n) is 13.6. The lowest BCUT2D eigenvalue weighted by atomic mass is 10.1. The Bertz CT molecular complexity index is 979. The van der Waals surface area contributed by atoms with Gasteiger partial charge in [-0.05, 0) is 12.1 Å². The minimum Gasteiger partial charge on any atom is -0.319 e. The van der Waals surface area contributed by atoms with Crippen LogP contribution in [0.1, 0.15) is 27.5 Å². The first kappa shape index (κ1) is 19.0. The quantitative estimate of drug-likeness (QED) is 0.641. The van der Waals surface area contributed by atoms with Gasteiger partial charge in [-0.1, -0.05) is 12.1 Å². The van der Waals surface area contributed by atoms with Crippen molar-refractivity contribution < 1.29 is 26.7 Å². The van der Waals surface area contributed by atoms with Gasteiger partial charge in [-0.25, -0.2) is 13.8 Å². The number of thiazole rings is 1. The number of benzene rings is 1. The molecule has 1 aromatic carbocycles. The van der Waals surface area contributed by atoms with Crippen molar-refractivity contribution in [3.8, 4) is 11.3 Å². The predicted molar refractivity (Wildman–Crippen MR) is 88.7 cm³/mol. The van der Waals surface area contributed by atoms with Gasteiger partial charge in [0, 0.05) is 24.2 Å². The fraction of sp³-hybridized carbons (Fsp3) is 0.188. The van der Waals surface area contributed by atoms with E-state index in [-0.39, 0.29) is 16.3 Å². The number of hydrogen-bond donors (Lipinski definition) is 1. The van der Waals surface area contributed by atoms with Gasteiger partial charge in [-0.15, -0.1) is 11.3 Å². The number of para-hydroxylation sites is 1. The first-order valence-electron chi connectivity index (χ1n) is 7.42. The summed E-state index contributed by atoms with van der Waals surface area (Å²) in [6, 6.07) is 4.51. The van der Waals surface area contributed by atoms with Gasteiger partial charge in [0.1, 0.15) is 5.69 Å². The summed E-state index contributed by atoms with van der Waals surface area (Å²) < 4.78 is 66.3. The van der Waals surface area contributed by atoms with Crippen molar-refractivity contribution in [3.05, 3.63) is 52.1 Å². The molecule has 0 unspecified atom stereocenters. The predicted octanol–water partition coefficient (Wildman–Crippen LogP) is 4.75. The number of carbonyl (C=O) groups is 1. The molecule has 142 valence electrons. The molecule has 0 saturated carbocycles. The Morgan fingerprint density at radius 3 is 2.63 bits per heavy atom. The standard InChI is InChI=1S/C16H11F5N4OS/c1-25-6-8(12(24-25)13(17)18)11-7-27-15(23-11)14(26)22-10-5-3-2-4-9(10)16(19,20)21/h2-7,13H,1H3,(H,22,26).